The normalized spacial score (nSPS) is 18.6. The van der Waals surface area contributed by atoms with E-state index in [0.717, 1.165) is 25.0 Å². The van der Waals surface area contributed by atoms with Gasteiger partial charge in [-0.15, -0.1) is 0 Å². The molecule has 4 nitrogen and oxygen atoms in total. The van der Waals surface area contributed by atoms with E-state index >= 15 is 0 Å². The van der Waals surface area contributed by atoms with Crippen molar-refractivity contribution in [2.24, 2.45) is 5.41 Å². The first-order valence-corrected chi connectivity index (χ1v) is 4.38. The lowest BCUT2D eigenvalue weighted by molar-refractivity contribution is 0.200. The molecule has 0 unspecified atom stereocenters. The Bertz CT molecular complexity index is 291. The fourth-order valence-corrected chi connectivity index (χ4v) is 1.41. The minimum absolute atomic E-state index is 0.0740. The van der Waals surface area contributed by atoms with Crippen LogP contribution in [0, 0.1) is 5.41 Å². The SMILES string of the molecule is COc1cc(CC2(CO)CC2)on1. The second-order valence-electron chi connectivity index (χ2n) is 3.67. The van der Waals surface area contributed by atoms with Crippen molar-refractivity contribution in [2.75, 3.05) is 13.7 Å². The van der Waals surface area contributed by atoms with Crippen LogP contribution in [-0.2, 0) is 6.42 Å². The van der Waals surface area contributed by atoms with Crippen molar-refractivity contribution in [1.82, 2.24) is 5.16 Å². The summed E-state index contributed by atoms with van der Waals surface area (Å²) in [6.45, 7) is 0.232. The Labute approximate surface area is 76.5 Å². The molecule has 4 heteroatoms. The third-order valence-corrected chi connectivity index (χ3v) is 2.59. The van der Waals surface area contributed by atoms with E-state index in [1.165, 1.54) is 0 Å². The molecule has 1 saturated carbocycles. The van der Waals surface area contributed by atoms with Gasteiger partial charge in [-0.2, -0.15) is 0 Å². The number of hydrogen-bond donors (Lipinski definition) is 1. The topological polar surface area (TPSA) is 55.5 Å². The standard InChI is InChI=1S/C9H13NO3/c1-12-8-4-7(13-10-8)5-9(6-11)2-3-9/h4,11H,2-3,5-6H2,1H3. The summed E-state index contributed by atoms with van der Waals surface area (Å²) in [5.74, 6) is 1.30. The van der Waals surface area contributed by atoms with Crippen molar-refractivity contribution in [1.29, 1.82) is 0 Å². The number of methoxy groups -OCH3 is 1. The maximum Gasteiger partial charge on any atom is 0.254 e. The van der Waals surface area contributed by atoms with Crippen LogP contribution < -0.4 is 4.74 Å². The Hall–Kier alpha value is -1.03. The van der Waals surface area contributed by atoms with E-state index in [0.29, 0.717) is 5.88 Å². The summed E-state index contributed by atoms with van der Waals surface area (Å²) in [5.41, 5.74) is 0.0740. The van der Waals surface area contributed by atoms with Gasteiger partial charge < -0.3 is 14.4 Å². The Morgan fingerprint density at radius 2 is 2.46 bits per heavy atom. The van der Waals surface area contributed by atoms with Crippen LogP contribution in [0.15, 0.2) is 10.6 Å². The van der Waals surface area contributed by atoms with E-state index in [-0.39, 0.29) is 12.0 Å². The number of aliphatic hydroxyl groups excluding tert-OH is 1. The average molecular weight is 183 g/mol. The van der Waals surface area contributed by atoms with Crippen molar-refractivity contribution in [3.8, 4) is 5.88 Å². The number of rotatable bonds is 4. The molecule has 1 aromatic heterocycles. The molecule has 72 valence electrons. The zero-order valence-corrected chi connectivity index (χ0v) is 7.62. The fraction of sp³-hybridized carbons (Fsp3) is 0.667. The minimum atomic E-state index is 0.0740. The Kier molecular flexibility index (Phi) is 2.00. The van der Waals surface area contributed by atoms with Crippen LogP contribution in [0.25, 0.3) is 0 Å². The number of nitrogens with zero attached hydrogens (tertiary/aromatic N) is 1. The second-order valence-corrected chi connectivity index (χ2v) is 3.67. The first-order valence-electron chi connectivity index (χ1n) is 4.38. The van der Waals surface area contributed by atoms with E-state index in [4.69, 9.17) is 14.4 Å². The van der Waals surface area contributed by atoms with Crippen LogP contribution in [0.3, 0.4) is 0 Å². The van der Waals surface area contributed by atoms with Crippen LogP contribution in [0.2, 0.25) is 0 Å². The summed E-state index contributed by atoms with van der Waals surface area (Å²) in [6.07, 6.45) is 2.92. The molecule has 0 aliphatic heterocycles. The van der Waals surface area contributed by atoms with Crippen LogP contribution in [0.4, 0.5) is 0 Å². The highest BCUT2D eigenvalue weighted by atomic mass is 16.5. The average Bonchev–Trinajstić information content (AvgIpc) is 2.77. The molecule has 1 aliphatic rings. The molecule has 2 rings (SSSR count). The molecular formula is C9H13NO3. The Morgan fingerprint density at radius 1 is 1.69 bits per heavy atom. The lowest BCUT2D eigenvalue weighted by atomic mass is 10.0. The van der Waals surface area contributed by atoms with Gasteiger partial charge in [0.15, 0.2) is 0 Å². The number of hydrogen-bond acceptors (Lipinski definition) is 4. The van der Waals surface area contributed by atoms with Crippen LogP contribution >= 0.6 is 0 Å². The van der Waals surface area contributed by atoms with Gasteiger partial charge >= 0.3 is 0 Å². The molecule has 1 fully saturated rings. The van der Waals surface area contributed by atoms with Gasteiger partial charge in [-0.1, -0.05) is 0 Å². The lowest BCUT2D eigenvalue weighted by Crippen LogP contribution is -2.09. The molecule has 1 aromatic rings. The smallest absolute Gasteiger partial charge is 0.254 e. The maximum absolute atomic E-state index is 9.09. The second kappa shape index (κ2) is 3.03. The largest absolute Gasteiger partial charge is 0.479 e. The monoisotopic (exact) mass is 183 g/mol. The van der Waals surface area contributed by atoms with Gasteiger partial charge in [-0.3, -0.25) is 0 Å². The summed E-state index contributed by atoms with van der Waals surface area (Å²) >= 11 is 0. The van der Waals surface area contributed by atoms with Gasteiger partial charge in [-0.05, 0) is 18.0 Å². The third-order valence-electron chi connectivity index (χ3n) is 2.59. The molecule has 1 N–H and O–H groups in total. The summed E-state index contributed by atoms with van der Waals surface area (Å²) in [7, 11) is 1.56. The summed E-state index contributed by atoms with van der Waals surface area (Å²) in [4.78, 5) is 0. The maximum atomic E-state index is 9.09. The predicted molar refractivity (Wildman–Crippen MR) is 45.5 cm³/mol. The van der Waals surface area contributed by atoms with Gasteiger partial charge in [0.1, 0.15) is 5.76 Å². The summed E-state index contributed by atoms with van der Waals surface area (Å²) < 4.78 is 9.94. The minimum Gasteiger partial charge on any atom is -0.479 e. The van der Waals surface area contributed by atoms with E-state index in [1.54, 1.807) is 13.2 Å². The number of ether oxygens (including phenoxy) is 1. The summed E-state index contributed by atoms with van der Waals surface area (Å²) in [5, 5.41) is 12.8. The molecule has 0 aromatic carbocycles. The van der Waals surface area contributed by atoms with E-state index < -0.39 is 0 Å². The van der Waals surface area contributed by atoms with E-state index in [2.05, 4.69) is 5.16 Å². The van der Waals surface area contributed by atoms with Crippen molar-refractivity contribution in [2.45, 2.75) is 19.3 Å². The summed E-state index contributed by atoms with van der Waals surface area (Å²) in [6, 6.07) is 1.77. The van der Waals surface area contributed by atoms with Crippen LogP contribution in [-0.4, -0.2) is 24.0 Å². The zero-order chi connectivity index (χ0) is 9.31. The molecule has 0 bridgehead atoms. The Balaban J connectivity index is 2.01. The van der Waals surface area contributed by atoms with Crippen molar-refractivity contribution < 1.29 is 14.4 Å². The number of aromatic nitrogens is 1. The van der Waals surface area contributed by atoms with Gasteiger partial charge in [0.25, 0.3) is 5.88 Å². The van der Waals surface area contributed by atoms with Gasteiger partial charge in [0.05, 0.1) is 7.11 Å². The van der Waals surface area contributed by atoms with E-state index in [1.807, 2.05) is 0 Å². The molecule has 0 amide bonds. The predicted octanol–water partition coefficient (Wildman–Crippen LogP) is 0.998. The van der Waals surface area contributed by atoms with Crippen molar-refractivity contribution in [3.05, 3.63) is 11.8 Å². The molecule has 0 atom stereocenters. The van der Waals surface area contributed by atoms with Crippen molar-refractivity contribution >= 4 is 0 Å². The van der Waals surface area contributed by atoms with Crippen LogP contribution in [0.1, 0.15) is 18.6 Å². The Morgan fingerprint density at radius 3 is 2.92 bits per heavy atom. The third kappa shape index (κ3) is 1.67. The first kappa shape index (κ1) is 8.56. The molecular weight excluding hydrogens is 170 g/mol. The molecule has 0 spiro atoms. The highest BCUT2D eigenvalue weighted by Crippen LogP contribution is 2.47. The van der Waals surface area contributed by atoms with E-state index in [9.17, 15) is 0 Å². The molecule has 13 heavy (non-hydrogen) atoms. The lowest BCUT2D eigenvalue weighted by Gasteiger charge is -2.06. The zero-order valence-electron chi connectivity index (χ0n) is 7.62. The molecule has 0 saturated heterocycles. The van der Waals surface area contributed by atoms with Crippen molar-refractivity contribution in [3.63, 3.8) is 0 Å². The van der Waals surface area contributed by atoms with Gasteiger partial charge in [-0.25, -0.2) is 0 Å². The quantitative estimate of drug-likeness (QED) is 0.756. The van der Waals surface area contributed by atoms with Gasteiger partial charge in [0, 0.05) is 24.5 Å². The van der Waals surface area contributed by atoms with Crippen LogP contribution in [0.5, 0.6) is 5.88 Å². The molecule has 1 heterocycles. The number of aliphatic hydroxyl groups is 1. The van der Waals surface area contributed by atoms with Gasteiger partial charge in [0.2, 0.25) is 0 Å². The first-order chi connectivity index (χ1) is 6.28. The highest BCUT2D eigenvalue weighted by molar-refractivity contribution is 5.14. The highest BCUT2D eigenvalue weighted by Gasteiger charge is 2.43. The fourth-order valence-electron chi connectivity index (χ4n) is 1.41. The molecule has 0 radical (unpaired) electrons. The molecule has 1 aliphatic carbocycles.